The quantitative estimate of drug-likeness (QED) is 0.645. The Kier molecular flexibility index (Phi) is 4.47. The average molecular weight is 210 g/mol. The second-order valence-corrected chi connectivity index (χ2v) is 3.65. The summed E-state index contributed by atoms with van der Waals surface area (Å²) in [5.41, 5.74) is 0.193. The minimum absolute atomic E-state index is 0.117. The summed E-state index contributed by atoms with van der Waals surface area (Å²) in [5.74, 6) is -1.02. The van der Waals surface area contributed by atoms with E-state index in [0.717, 1.165) is 6.42 Å². The van der Waals surface area contributed by atoms with Gasteiger partial charge in [-0.05, 0) is 30.9 Å². The predicted molar refractivity (Wildman–Crippen MR) is 58.8 cm³/mol. The Morgan fingerprint density at radius 2 is 1.80 bits per heavy atom. The van der Waals surface area contributed by atoms with E-state index >= 15 is 0 Å². The number of rotatable bonds is 4. The van der Waals surface area contributed by atoms with Gasteiger partial charge in [-0.1, -0.05) is 32.1 Å². The van der Waals surface area contributed by atoms with Crippen LogP contribution in [0.5, 0.6) is 0 Å². The van der Waals surface area contributed by atoms with Crippen molar-refractivity contribution in [3.8, 4) is 0 Å². The Balaban J connectivity index is 2.81. The van der Waals surface area contributed by atoms with Crippen molar-refractivity contribution in [2.24, 2.45) is 0 Å². The molecule has 0 bridgehead atoms. The SMILES string of the molecule is CC/C=C\CC(C)c1c(F)cccc1F. The highest BCUT2D eigenvalue weighted by Gasteiger charge is 2.14. The Morgan fingerprint density at radius 1 is 1.20 bits per heavy atom. The van der Waals surface area contributed by atoms with Crippen LogP contribution in [-0.2, 0) is 0 Å². The van der Waals surface area contributed by atoms with Crippen molar-refractivity contribution in [2.45, 2.75) is 32.6 Å². The maximum absolute atomic E-state index is 13.3. The molecule has 0 aromatic heterocycles. The second-order valence-electron chi connectivity index (χ2n) is 3.65. The molecule has 0 N–H and O–H groups in total. The molecule has 82 valence electrons. The maximum atomic E-state index is 13.3. The molecule has 1 atom stereocenters. The van der Waals surface area contributed by atoms with Crippen LogP contribution in [0.25, 0.3) is 0 Å². The molecule has 0 spiro atoms. The maximum Gasteiger partial charge on any atom is 0.129 e. The van der Waals surface area contributed by atoms with Crippen LogP contribution < -0.4 is 0 Å². The molecule has 1 rings (SSSR count). The largest absolute Gasteiger partial charge is 0.207 e. The van der Waals surface area contributed by atoms with E-state index in [1.165, 1.54) is 18.2 Å². The molecule has 0 aliphatic heterocycles. The average Bonchev–Trinajstić information content (AvgIpc) is 2.18. The molecule has 15 heavy (non-hydrogen) atoms. The Morgan fingerprint density at radius 3 is 2.33 bits per heavy atom. The smallest absolute Gasteiger partial charge is 0.129 e. The Bertz CT molecular complexity index is 322. The Labute approximate surface area is 89.6 Å². The zero-order valence-electron chi connectivity index (χ0n) is 9.13. The zero-order valence-corrected chi connectivity index (χ0v) is 9.13. The number of allylic oxidation sites excluding steroid dienone is 2. The number of hydrogen-bond donors (Lipinski definition) is 0. The van der Waals surface area contributed by atoms with Crippen LogP contribution in [0.3, 0.4) is 0 Å². The minimum atomic E-state index is -0.451. The monoisotopic (exact) mass is 210 g/mol. The summed E-state index contributed by atoms with van der Waals surface area (Å²) in [6.45, 7) is 3.87. The third-order valence-electron chi connectivity index (χ3n) is 2.38. The normalized spacial score (nSPS) is 13.3. The van der Waals surface area contributed by atoms with E-state index < -0.39 is 11.6 Å². The van der Waals surface area contributed by atoms with Crippen LogP contribution in [-0.4, -0.2) is 0 Å². The third kappa shape index (κ3) is 3.15. The van der Waals surface area contributed by atoms with Crippen LogP contribution in [0.1, 0.15) is 38.2 Å². The fourth-order valence-corrected chi connectivity index (χ4v) is 1.57. The van der Waals surface area contributed by atoms with E-state index in [-0.39, 0.29) is 11.5 Å². The fourth-order valence-electron chi connectivity index (χ4n) is 1.57. The van der Waals surface area contributed by atoms with Crippen LogP contribution in [0.15, 0.2) is 30.4 Å². The van der Waals surface area contributed by atoms with Crippen LogP contribution in [0.2, 0.25) is 0 Å². The first kappa shape index (κ1) is 11.9. The van der Waals surface area contributed by atoms with E-state index in [9.17, 15) is 8.78 Å². The molecular formula is C13H16F2. The van der Waals surface area contributed by atoms with Crippen molar-refractivity contribution in [2.75, 3.05) is 0 Å². The van der Waals surface area contributed by atoms with Gasteiger partial charge in [-0.25, -0.2) is 8.78 Å². The van der Waals surface area contributed by atoms with Gasteiger partial charge in [0.1, 0.15) is 11.6 Å². The van der Waals surface area contributed by atoms with Gasteiger partial charge in [0.15, 0.2) is 0 Å². The molecule has 0 aliphatic carbocycles. The number of hydrogen-bond acceptors (Lipinski definition) is 0. The van der Waals surface area contributed by atoms with E-state index in [2.05, 4.69) is 0 Å². The molecule has 2 heteroatoms. The summed E-state index contributed by atoms with van der Waals surface area (Å²) in [5, 5.41) is 0. The molecule has 0 heterocycles. The first-order valence-corrected chi connectivity index (χ1v) is 5.25. The van der Waals surface area contributed by atoms with Gasteiger partial charge in [-0.3, -0.25) is 0 Å². The van der Waals surface area contributed by atoms with Crippen LogP contribution in [0.4, 0.5) is 8.78 Å². The van der Waals surface area contributed by atoms with E-state index in [4.69, 9.17) is 0 Å². The lowest BCUT2D eigenvalue weighted by Gasteiger charge is -2.11. The van der Waals surface area contributed by atoms with Crippen molar-refractivity contribution in [3.63, 3.8) is 0 Å². The van der Waals surface area contributed by atoms with E-state index in [1.54, 1.807) is 0 Å². The first-order valence-electron chi connectivity index (χ1n) is 5.25. The van der Waals surface area contributed by atoms with Crippen LogP contribution in [0, 0.1) is 11.6 Å². The van der Waals surface area contributed by atoms with E-state index in [0.29, 0.717) is 6.42 Å². The van der Waals surface area contributed by atoms with Crippen molar-refractivity contribution in [1.82, 2.24) is 0 Å². The fraction of sp³-hybridized carbons (Fsp3) is 0.385. The molecule has 0 radical (unpaired) electrons. The van der Waals surface area contributed by atoms with Gasteiger partial charge in [0, 0.05) is 5.56 Å². The van der Waals surface area contributed by atoms with Gasteiger partial charge in [0.05, 0.1) is 0 Å². The van der Waals surface area contributed by atoms with Gasteiger partial charge in [0.25, 0.3) is 0 Å². The molecule has 1 aromatic carbocycles. The van der Waals surface area contributed by atoms with Gasteiger partial charge in [0.2, 0.25) is 0 Å². The van der Waals surface area contributed by atoms with Crippen molar-refractivity contribution in [1.29, 1.82) is 0 Å². The van der Waals surface area contributed by atoms with Gasteiger partial charge < -0.3 is 0 Å². The van der Waals surface area contributed by atoms with Crippen molar-refractivity contribution >= 4 is 0 Å². The number of halogens is 2. The summed E-state index contributed by atoms with van der Waals surface area (Å²) in [6.07, 6.45) is 5.60. The summed E-state index contributed by atoms with van der Waals surface area (Å²) in [4.78, 5) is 0. The molecule has 1 unspecified atom stereocenters. The summed E-state index contributed by atoms with van der Waals surface area (Å²) in [6, 6.07) is 4.00. The standard InChI is InChI=1S/C13H16F2/c1-3-4-5-7-10(2)13-11(14)8-6-9-12(13)15/h4-6,8-10H,3,7H2,1-2H3/b5-4-. The van der Waals surface area contributed by atoms with Gasteiger partial charge in [-0.15, -0.1) is 0 Å². The topological polar surface area (TPSA) is 0 Å². The van der Waals surface area contributed by atoms with Gasteiger partial charge in [-0.2, -0.15) is 0 Å². The highest BCUT2D eigenvalue weighted by Crippen LogP contribution is 2.25. The lowest BCUT2D eigenvalue weighted by Crippen LogP contribution is -2.00. The number of benzene rings is 1. The van der Waals surface area contributed by atoms with Gasteiger partial charge >= 0.3 is 0 Å². The molecule has 0 fully saturated rings. The first-order chi connectivity index (χ1) is 7.16. The molecule has 0 saturated heterocycles. The molecular weight excluding hydrogens is 194 g/mol. The predicted octanol–water partition coefficient (Wildman–Crippen LogP) is 4.42. The lowest BCUT2D eigenvalue weighted by molar-refractivity contribution is 0.533. The summed E-state index contributed by atoms with van der Waals surface area (Å²) in [7, 11) is 0. The Hall–Kier alpha value is -1.18. The lowest BCUT2D eigenvalue weighted by atomic mass is 9.96. The van der Waals surface area contributed by atoms with Crippen molar-refractivity contribution in [3.05, 3.63) is 47.5 Å². The van der Waals surface area contributed by atoms with Crippen LogP contribution >= 0.6 is 0 Å². The highest BCUT2D eigenvalue weighted by atomic mass is 19.1. The molecule has 0 aliphatic rings. The minimum Gasteiger partial charge on any atom is -0.207 e. The second kappa shape index (κ2) is 5.64. The third-order valence-corrected chi connectivity index (χ3v) is 2.38. The molecule has 1 aromatic rings. The summed E-state index contributed by atoms with van der Waals surface area (Å²) < 4.78 is 26.7. The zero-order chi connectivity index (χ0) is 11.3. The van der Waals surface area contributed by atoms with E-state index in [1.807, 2.05) is 26.0 Å². The summed E-state index contributed by atoms with van der Waals surface area (Å²) >= 11 is 0. The molecule has 0 nitrogen and oxygen atoms in total. The highest BCUT2D eigenvalue weighted by molar-refractivity contribution is 5.23. The van der Waals surface area contributed by atoms with Crippen molar-refractivity contribution < 1.29 is 8.78 Å². The molecule has 0 amide bonds. The molecule has 0 saturated carbocycles.